The molecule has 3 rings (SSSR count). The maximum Gasteiger partial charge on any atom is 0.308 e. The van der Waals surface area contributed by atoms with E-state index < -0.39 is 61.3 Å². The zero-order chi connectivity index (χ0) is 24.8. The molecule has 0 bridgehead atoms. The van der Waals surface area contributed by atoms with Gasteiger partial charge in [0.1, 0.15) is 37.3 Å². The predicted molar refractivity (Wildman–Crippen MR) is 109 cm³/mol. The van der Waals surface area contributed by atoms with E-state index in [2.05, 4.69) is 15.4 Å². The number of ether oxygens (including phenoxy) is 4. The summed E-state index contributed by atoms with van der Waals surface area (Å²) in [4.78, 5) is 38.4. The number of hydrogen-bond acceptors (Lipinski definition) is 12. The Morgan fingerprint density at radius 3 is 2.68 bits per heavy atom. The summed E-state index contributed by atoms with van der Waals surface area (Å²) in [6.45, 7) is 0.483. The van der Waals surface area contributed by atoms with Gasteiger partial charge in [-0.05, 0) is 12.8 Å². The van der Waals surface area contributed by atoms with Gasteiger partial charge >= 0.3 is 5.97 Å². The number of carbonyl (C=O) groups is 3. The molecule has 0 radical (unpaired) electrons. The molecule has 7 atom stereocenters. The molecule has 15 heteroatoms. The average molecular weight is 487 g/mol. The number of aliphatic hydroxyl groups excluding tert-OH is 3. The van der Waals surface area contributed by atoms with Crippen LogP contribution in [0, 0.1) is 0 Å². The standard InChI is InChI=1S/C19H29N5O10/c1-9(26)22-14-16(29)15(28)11(6-25)34-19(14)31-5-4-13(27)32-7-10-2-3-12(33-10)24-8-21-18(23-24)17(20)30/h8,10-12,14-16,19,25,28-29H,2-7H2,1H3,(H2,20,30)(H,22,26)/t10-,11?,12+,14?,15-,16?,19+/m0/s1. The molecule has 0 spiro atoms. The van der Waals surface area contributed by atoms with Crippen LogP contribution in [-0.4, -0.2) is 104 Å². The van der Waals surface area contributed by atoms with Gasteiger partial charge in [-0.25, -0.2) is 9.67 Å². The minimum absolute atomic E-state index is 0.00134. The first-order chi connectivity index (χ1) is 16.2. The van der Waals surface area contributed by atoms with E-state index in [0.717, 1.165) is 0 Å². The van der Waals surface area contributed by atoms with Crippen molar-refractivity contribution in [1.82, 2.24) is 20.1 Å². The van der Waals surface area contributed by atoms with Gasteiger partial charge in [-0.1, -0.05) is 0 Å². The first-order valence-corrected chi connectivity index (χ1v) is 10.7. The van der Waals surface area contributed by atoms with E-state index in [0.29, 0.717) is 12.8 Å². The van der Waals surface area contributed by atoms with Crippen molar-refractivity contribution >= 4 is 17.8 Å². The number of amides is 2. The van der Waals surface area contributed by atoms with Crippen LogP contribution >= 0.6 is 0 Å². The summed E-state index contributed by atoms with van der Waals surface area (Å²) < 4.78 is 23.2. The lowest BCUT2D eigenvalue weighted by molar-refractivity contribution is -0.270. The van der Waals surface area contributed by atoms with Crippen molar-refractivity contribution in [3.05, 3.63) is 12.2 Å². The summed E-state index contributed by atoms with van der Waals surface area (Å²) in [6, 6.07) is -1.10. The van der Waals surface area contributed by atoms with Gasteiger partial charge in [-0.2, -0.15) is 0 Å². The lowest BCUT2D eigenvalue weighted by Gasteiger charge is -2.42. The molecule has 0 aliphatic carbocycles. The highest BCUT2D eigenvalue weighted by Gasteiger charge is 2.45. The van der Waals surface area contributed by atoms with Gasteiger partial charge in [-0.3, -0.25) is 14.4 Å². The van der Waals surface area contributed by atoms with Crippen molar-refractivity contribution in [1.29, 1.82) is 0 Å². The molecule has 1 aromatic heterocycles. The zero-order valence-electron chi connectivity index (χ0n) is 18.5. The van der Waals surface area contributed by atoms with Crippen LogP contribution in [0.1, 0.15) is 43.0 Å². The van der Waals surface area contributed by atoms with Gasteiger partial charge in [-0.15, -0.1) is 5.10 Å². The first kappa shape index (κ1) is 25.9. The van der Waals surface area contributed by atoms with Gasteiger partial charge in [0, 0.05) is 6.92 Å². The van der Waals surface area contributed by atoms with E-state index in [9.17, 15) is 29.7 Å². The summed E-state index contributed by atoms with van der Waals surface area (Å²) in [5, 5.41) is 35.9. The molecule has 2 aliphatic rings. The molecule has 1 aromatic rings. The third-order valence-electron chi connectivity index (χ3n) is 5.38. The first-order valence-electron chi connectivity index (χ1n) is 10.7. The molecule has 0 saturated carbocycles. The van der Waals surface area contributed by atoms with Crippen molar-refractivity contribution in [2.24, 2.45) is 5.73 Å². The van der Waals surface area contributed by atoms with Crippen molar-refractivity contribution in [2.75, 3.05) is 19.8 Å². The smallest absolute Gasteiger partial charge is 0.308 e. The Balaban J connectivity index is 1.41. The van der Waals surface area contributed by atoms with Crippen LogP contribution in [0.2, 0.25) is 0 Å². The number of nitrogens with one attached hydrogen (secondary N) is 1. The molecule has 15 nitrogen and oxygen atoms in total. The van der Waals surface area contributed by atoms with Crippen molar-refractivity contribution in [3.8, 4) is 0 Å². The molecule has 0 aromatic carbocycles. The van der Waals surface area contributed by atoms with Crippen LogP contribution in [-0.2, 0) is 28.5 Å². The molecule has 34 heavy (non-hydrogen) atoms. The Labute approximate surface area is 194 Å². The molecular weight excluding hydrogens is 458 g/mol. The number of aromatic nitrogens is 3. The van der Waals surface area contributed by atoms with Gasteiger partial charge < -0.3 is 45.3 Å². The molecule has 6 N–H and O–H groups in total. The lowest BCUT2D eigenvalue weighted by atomic mass is 9.97. The van der Waals surface area contributed by atoms with Crippen LogP contribution in [0.4, 0.5) is 0 Å². The highest BCUT2D eigenvalue weighted by atomic mass is 16.7. The summed E-state index contributed by atoms with van der Waals surface area (Å²) in [6.07, 6.45) is -3.65. The van der Waals surface area contributed by atoms with Crippen LogP contribution in [0.25, 0.3) is 0 Å². The number of rotatable bonds is 10. The maximum atomic E-state index is 12.1. The number of esters is 1. The molecule has 3 unspecified atom stereocenters. The second kappa shape index (κ2) is 11.6. The molecule has 2 fully saturated rings. The van der Waals surface area contributed by atoms with E-state index in [1.54, 1.807) is 0 Å². The minimum Gasteiger partial charge on any atom is -0.463 e. The Morgan fingerprint density at radius 2 is 2.03 bits per heavy atom. The van der Waals surface area contributed by atoms with Crippen LogP contribution in [0.5, 0.6) is 0 Å². The molecule has 2 amide bonds. The SMILES string of the molecule is CC(=O)NC1C(O)[C@@H](O)C(CO)O[C@H]1OCCC(=O)OC[C@@H]1CC[C@H](n2cnc(C(N)=O)n2)O1. The highest BCUT2D eigenvalue weighted by molar-refractivity contribution is 5.88. The molecule has 2 aliphatic heterocycles. The zero-order valence-corrected chi connectivity index (χ0v) is 18.5. The predicted octanol–water partition coefficient (Wildman–Crippen LogP) is -3.05. The second-order valence-electron chi connectivity index (χ2n) is 7.94. The molecule has 2 saturated heterocycles. The van der Waals surface area contributed by atoms with Crippen molar-refractivity contribution in [3.63, 3.8) is 0 Å². The Hall–Kier alpha value is -2.69. The van der Waals surface area contributed by atoms with E-state index in [1.807, 2.05) is 0 Å². The number of carbonyl (C=O) groups excluding carboxylic acids is 3. The van der Waals surface area contributed by atoms with Crippen LogP contribution in [0.3, 0.4) is 0 Å². The fourth-order valence-corrected chi connectivity index (χ4v) is 3.66. The summed E-state index contributed by atoms with van der Waals surface area (Å²) in [7, 11) is 0. The van der Waals surface area contributed by atoms with E-state index in [-0.39, 0.29) is 31.6 Å². The fraction of sp³-hybridized carbons (Fsp3) is 0.737. The number of hydrogen-bond donors (Lipinski definition) is 5. The third-order valence-corrected chi connectivity index (χ3v) is 5.38. The monoisotopic (exact) mass is 487 g/mol. The summed E-state index contributed by atoms with van der Waals surface area (Å²) in [5.41, 5.74) is 5.13. The van der Waals surface area contributed by atoms with Crippen LogP contribution < -0.4 is 11.1 Å². The van der Waals surface area contributed by atoms with Crippen LogP contribution in [0.15, 0.2) is 6.33 Å². The summed E-state index contributed by atoms with van der Waals surface area (Å²) in [5.74, 6) is -1.92. The quantitative estimate of drug-likeness (QED) is 0.208. The average Bonchev–Trinajstić information content (AvgIpc) is 3.46. The number of nitrogens with zero attached hydrogens (tertiary/aromatic N) is 3. The molecule has 3 heterocycles. The van der Waals surface area contributed by atoms with Gasteiger partial charge in [0.15, 0.2) is 12.5 Å². The lowest BCUT2D eigenvalue weighted by Crippen LogP contribution is -2.64. The van der Waals surface area contributed by atoms with Gasteiger partial charge in [0.05, 0.1) is 25.7 Å². The van der Waals surface area contributed by atoms with Crippen molar-refractivity contribution < 1.29 is 48.7 Å². The van der Waals surface area contributed by atoms with Gasteiger partial charge in [0.2, 0.25) is 11.7 Å². The molecule has 190 valence electrons. The maximum absolute atomic E-state index is 12.1. The van der Waals surface area contributed by atoms with Gasteiger partial charge in [0.25, 0.3) is 5.91 Å². The topological polar surface area (TPSA) is 218 Å². The fourth-order valence-electron chi connectivity index (χ4n) is 3.66. The number of primary amides is 1. The Morgan fingerprint density at radius 1 is 1.26 bits per heavy atom. The second-order valence-corrected chi connectivity index (χ2v) is 7.94. The van der Waals surface area contributed by atoms with E-state index >= 15 is 0 Å². The Bertz CT molecular complexity index is 866. The number of aliphatic hydroxyl groups is 3. The minimum atomic E-state index is -1.44. The normalized spacial score (nSPS) is 31.2. The highest BCUT2D eigenvalue weighted by Crippen LogP contribution is 2.27. The largest absolute Gasteiger partial charge is 0.463 e. The van der Waals surface area contributed by atoms with E-state index in [1.165, 1.54) is 17.9 Å². The Kier molecular flexibility index (Phi) is 8.87. The third kappa shape index (κ3) is 6.46. The van der Waals surface area contributed by atoms with E-state index in [4.69, 9.17) is 24.7 Å². The summed E-state index contributed by atoms with van der Waals surface area (Å²) >= 11 is 0. The molecular formula is C19H29N5O10. The number of nitrogens with two attached hydrogens (primary N) is 1. The van der Waals surface area contributed by atoms with Crippen molar-refractivity contribution in [2.45, 2.75) is 69.2 Å².